The zero-order valence-corrected chi connectivity index (χ0v) is 19.0. The highest BCUT2D eigenvalue weighted by Crippen LogP contribution is 2.22. The minimum absolute atomic E-state index is 0.101. The smallest absolute Gasteiger partial charge is 0.234 e. The Morgan fingerprint density at radius 2 is 1.74 bits per heavy atom. The monoisotopic (exact) mass is 437 g/mol. The second-order valence-electron chi connectivity index (χ2n) is 7.35. The van der Waals surface area contributed by atoms with E-state index in [-0.39, 0.29) is 24.0 Å². The van der Waals surface area contributed by atoms with Gasteiger partial charge in [-0.3, -0.25) is 9.59 Å². The van der Waals surface area contributed by atoms with Crippen LogP contribution in [0.5, 0.6) is 0 Å². The molecule has 0 bridgehead atoms. The maximum Gasteiger partial charge on any atom is 0.234 e. The molecule has 0 unspecified atom stereocenters. The summed E-state index contributed by atoms with van der Waals surface area (Å²) in [7, 11) is 1.80. The molecule has 0 aliphatic rings. The number of thioether (sulfide) groups is 1. The molecule has 1 heterocycles. The van der Waals surface area contributed by atoms with E-state index >= 15 is 0 Å². The zero-order valence-electron chi connectivity index (χ0n) is 18.2. The highest BCUT2D eigenvalue weighted by atomic mass is 32.2. The molecule has 31 heavy (non-hydrogen) atoms. The highest BCUT2D eigenvalue weighted by Gasteiger charge is 2.15. The number of benzene rings is 2. The number of nitrogens with zero attached hydrogens (tertiary/aromatic N) is 3. The van der Waals surface area contributed by atoms with Gasteiger partial charge >= 0.3 is 0 Å². The largest absolute Gasteiger partial charge is 0.326 e. The van der Waals surface area contributed by atoms with Crippen molar-refractivity contribution in [1.29, 1.82) is 0 Å². The lowest BCUT2D eigenvalue weighted by Gasteiger charge is -2.12. The fraction of sp³-hybridized carbons (Fsp3) is 0.304. The van der Waals surface area contributed by atoms with Gasteiger partial charge in [0, 0.05) is 18.4 Å². The number of anilines is 2. The molecule has 0 fully saturated rings. The second kappa shape index (κ2) is 10.3. The molecule has 0 saturated carbocycles. The SMILES string of the molecule is CCc1cccc(C)c1NC(=O)CSc1nnc(CC(=O)Nc2ccc(C)cc2)n1C. The van der Waals surface area contributed by atoms with Crippen molar-refractivity contribution in [3.8, 4) is 0 Å². The third-order valence-electron chi connectivity index (χ3n) is 4.92. The number of amides is 2. The average Bonchev–Trinajstić information content (AvgIpc) is 3.09. The first-order chi connectivity index (χ1) is 14.9. The van der Waals surface area contributed by atoms with Crippen molar-refractivity contribution in [3.63, 3.8) is 0 Å². The summed E-state index contributed by atoms with van der Waals surface area (Å²) in [6, 6.07) is 13.6. The Morgan fingerprint density at radius 1 is 1.00 bits per heavy atom. The fourth-order valence-electron chi connectivity index (χ4n) is 3.12. The number of aromatic nitrogens is 3. The van der Waals surface area contributed by atoms with Crippen molar-refractivity contribution in [1.82, 2.24) is 14.8 Å². The van der Waals surface area contributed by atoms with E-state index in [0.717, 1.165) is 34.5 Å². The lowest BCUT2D eigenvalue weighted by molar-refractivity contribution is -0.116. The normalized spacial score (nSPS) is 10.7. The van der Waals surface area contributed by atoms with E-state index in [1.165, 1.54) is 11.8 Å². The molecule has 3 rings (SSSR count). The molecule has 0 aliphatic heterocycles. The van der Waals surface area contributed by atoms with Gasteiger partial charge in [-0.25, -0.2) is 0 Å². The number of para-hydroxylation sites is 1. The van der Waals surface area contributed by atoms with E-state index in [1.54, 1.807) is 11.6 Å². The van der Waals surface area contributed by atoms with E-state index in [4.69, 9.17) is 0 Å². The quantitative estimate of drug-likeness (QED) is 0.522. The van der Waals surface area contributed by atoms with Gasteiger partial charge in [0.2, 0.25) is 11.8 Å². The summed E-state index contributed by atoms with van der Waals surface area (Å²) in [5, 5.41) is 14.7. The van der Waals surface area contributed by atoms with Gasteiger partial charge in [-0.1, -0.05) is 54.6 Å². The van der Waals surface area contributed by atoms with E-state index < -0.39 is 0 Å². The van der Waals surface area contributed by atoms with Crippen LogP contribution in [0.2, 0.25) is 0 Å². The molecular formula is C23H27N5O2S. The molecule has 0 saturated heterocycles. The first-order valence-electron chi connectivity index (χ1n) is 10.1. The van der Waals surface area contributed by atoms with E-state index in [2.05, 4.69) is 27.8 Å². The summed E-state index contributed by atoms with van der Waals surface area (Å²) in [5.74, 6) is 0.481. The van der Waals surface area contributed by atoms with Crippen molar-refractivity contribution in [2.45, 2.75) is 38.8 Å². The maximum atomic E-state index is 12.5. The van der Waals surface area contributed by atoms with Gasteiger partial charge < -0.3 is 15.2 Å². The first kappa shape index (κ1) is 22.6. The van der Waals surface area contributed by atoms with Gasteiger partial charge in [0.15, 0.2) is 5.16 Å². The van der Waals surface area contributed by atoms with Crippen molar-refractivity contribution in [2.24, 2.45) is 7.05 Å². The molecule has 0 radical (unpaired) electrons. The molecule has 2 aromatic carbocycles. The van der Waals surface area contributed by atoms with E-state index in [0.29, 0.717) is 11.0 Å². The Kier molecular flexibility index (Phi) is 7.46. The Hall–Kier alpha value is -3.13. The van der Waals surface area contributed by atoms with Crippen molar-refractivity contribution in [2.75, 3.05) is 16.4 Å². The molecule has 7 nitrogen and oxygen atoms in total. The van der Waals surface area contributed by atoms with Crippen LogP contribution in [0, 0.1) is 13.8 Å². The number of nitrogens with one attached hydrogen (secondary N) is 2. The second-order valence-corrected chi connectivity index (χ2v) is 8.29. The molecule has 162 valence electrons. The first-order valence-corrected chi connectivity index (χ1v) is 11.1. The predicted octanol–water partition coefficient (Wildman–Crippen LogP) is 3.91. The van der Waals surface area contributed by atoms with E-state index in [9.17, 15) is 9.59 Å². The van der Waals surface area contributed by atoms with Crippen molar-refractivity contribution in [3.05, 3.63) is 65.0 Å². The van der Waals surface area contributed by atoms with Crippen molar-refractivity contribution >= 4 is 35.0 Å². The fourth-order valence-corrected chi connectivity index (χ4v) is 3.85. The van der Waals surface area contributed by atoms with Crippen LogP contribution < -0.4 is 10.6 Å². The number of hydrogen-bond donors (Lipinski definition) is 2. The Bertz CT molecular complexity index is 1080. The topological polar surface area (TPSA) is 88.9 Å². The number of aryl methyl sites for hydroxylation is 3. The predicted molar refractivity (Wildman–Crippen MR) is 124 cm³/mol. The van der Waals surface area contributed by atoms with Crippen LogP contribution in [0.3, 0.4) is 0 Å². The van der Waals surface area contributed by atoms with Gasteiger partial charge in [-0.05, 0) is 43.5 Å². The van der Waals surface area contributed by atoms with Crippen LogP contribution in [0.4, 0.5) is 11.4 Å². The number of hydrogen-bond acceptors (Lipinski definition) is 5. The van der Waals surface area contributed by atoms with Crippen LogP contribution >= 0.6 is 11.8 Å². The minimum Gasteiger partial charge on any atom is -0.326 e. The summed E-state index contributed by atoms with van der Waals surface area (Å²) >= 11 is 1.29. The molecule has 2 N–H and O–H groups in total. The van der Waals surface area contributed by atoms with E-state index in [1.807, 2.05) is 56.3 Å². The van der Waals surface area contributed by atoms with Gasteiger partial charge in [-0.15, -0.1) is 10.2 Å². The number of carbonyl (C=O) groups excluding carboxylic acids is 2. The third-order valence-corrected chi connectivity index (χ3v) is 5.94. The molecule has 2 amide bonds. The molecule has 0 spiro atoms. The summed E-state index contributed by atoms with van der Waals surface area (Å²) in [4.78, 5) is 24.8. The summed E-state index contributed by atoms with van der Waals surface area (Å²) in [6.45, 7) is 6.04. The van der Waals surface area contributed by atoms with Gasteiger partial charge in [0.1, 0.15) is 5.82 Å². The molecule has 0 aliphatic carbocycles. The van der Waals surface area contributed by atoms with Crippen LogP contribution in [0.15, 0.2) is 47.6 Å². The molecule has 3 aromatic rings. The molecule has 8 heteroatoms. The summed E-state index contributed by atoms with van der Waals surface area (Å²) in [5.41, 5.74) is 4.90. The lowest BCUT2D eigenvalue weighted by atomic mass is 10.1. The average molecular weight is 438 g/mol. The van der Waals surface area contributed by atoms with Crippen LogP contribution in [0.1, 0.15) is 29.4 Å². The highest BCUT2D eigenvalue weighted by molar-refractivity contribution is 7.99. The minimum atomic E-state index is -0.166. The van der Waals surface area contributed by atoms with Gasteiger partial charge in [0.25, 0.3) is 0 Å². The van der Waals surface area contributed by atoms with Gasteiger partial charge in [-0.2, -0.15) is 0 Å². The standard InChI is InChI=1S/C23H27N5O2S/c1-5-17-8-6-7-16(3)22(17)25-21(30)14-31-23-27-26-19(28(23)4)13-20(29)24-18-11-9-15(2)10-12-18/h6-12H,5,13-14H2,1-4H3,(H,24,29)(H,25,30). The van der Waals surface area contributed by atoms with Crippen LogP contribution in [-0.2, 0) is 29.5 Å². The zero-order chi connectivity index (χ0) is 22.4. The molecule has 1 aromatic heterocycles. The Balaban J connectivity index is 1.56. The Labute approximate surface area is 186 Å². The summed E-state index contributed by atoms with van der Waals surface area (Å²) in [6.07, 6.45) is 0.953. The lowest BCUT2D eigenvalue weighted by Crippen LogP contribution is -2.17. The van der Waals surface area contributed by atoms with Gasteiger partial charge in [0.05, 0.1) is 12.2 Å². The number of rotatable bonds is 8. The van der Waals surface area contributed by atoms with Crippen LogP contribution in [-0.4, -0.2) is 32.3 Å². The Morgan fingerprint density at radius 3 is 2.45 bits per heavy atom. The molecule has 0 atom stereocenters. The molecular weight excluding hydrogens is 410 g/mol. The van der Waals surface area contributed by atoms with Crippen molar-refractivity contribution < 1.29 is 9.59 Å². The maximum absolute atomic E-state index is 12.5. The van der Waals surface area contributed by atoms with Crippen LogP contribution in [0.25, 0.3) is 0 Å². The third kappa shape index (κ3) is 5.95. The summed E-state index contributed by atoms with van der Waals surface area (Å²) < 4.78 is 1.75. The number of carbonyl (C=O) groups is 2.